The van der Waals surface area contributed by atoms with Crippen molar-refractivity contribution < 1.29 is 4.79 Å². The highest BCUT2D eigenvalue weighted by Crippen LogP contribution is 2.12. The lowest BCUT2D eigenvalue weighted by Crippen LogP contribution is -2.30. The molecule has 1 aromatic heterocycles. The summed E-state index contributed by atoms with van der Waals surface area (Å²) in [7, 11) is 0. The van der Waals surface area contributed by atoms with Gasteiger partial charge in [-0.05, 0) is 31.5 Å². The monoisotopic (exact) mass is 259 g/mol. The number of H-pyrrole nitrogens is 1. The van der Waals surface area contributed by atoms with E-state index in [1.54, 1.807) is 6.07 Å². The van der Waals surface area contributed by atoms with E-state index >= 15 is 0 Å². The van der Waals surface area contributed by atoms with Crippen LogP contribution in [0.4, 0.5) is 0 Å². The van der Waals surface area contributed by atoms with Gasteiger partial charge in [-0.1, -0.05) is 12.1 Å². The van der Waals surface area contributed by atoms with Gasteiger partial charge in [0.25, 0.3) is 5.91 Å². The second-order valence-electron chi connectivity index (χ2n) is 4.43. The molecule has 0 saturated heterocycles. The quantitative estimate of drug-likeness (QED) is 0.713. The maximum Gasteiger partial charge on any atom is 0.256 e. The Morgan fingerprint density at radius 2 is 2.21 bits per heavy atom. The van der Waals surface area contributed by atoms with Crippen molar-refractivity contribution >= 4 is 16.8 Å². The number of benzene rings is 1. The van der Waals surface area contributed by atoms with Crippen LogP contribution in [0.1, 0.15) is 22.3 Å². The van der Waals surface area contributed by atoms with Gasteiger partial charge < -0.3 is 16.0 Å². The smallest absolute Gasteiger partial charge is 0.256 e. The van der Waals surface area contributed by atoms with Crippen molar-refractivity contribution in [2.45, 2.75) is 13.3 Å². The fraction of sp³-hybridized carbons (Fsp3) is 0.286. The molecule has 100 valence electrons. The zero-order valence-electron chi connectivity index (χ0n) is 10.8. The molecule has 5 heteroatoms. The Labute approximate surface area is 110 Å². The standard InChI is InChI=1S/C14H17N3O2/c1-9-4-2-5-10-12(9)17-8-11(13(10)18)14(19)16-7-3-6-15/h2,4-5,8H,3,6-7,15H2,1H3,(H,16,19)(H,17,18). The molecule has 1 heterocycles. The number of fused-ring (bicyclic) bond motifs is 1. The number of hydrogen-bond acceptors (Lipinski definition) is 3. The third-order valence-electron chi connectivity index (χ3n) is 3.03. The van der Waals surface area contributed by atoms with Gasteiger partial charge in [0.2, 0.25) is 5.43 Å². The fourth-order valence-electron chi connectivity index (χ4n) is 1.97. The number of pyridine rings is 1. The number of rotatable bonds is 4. The van der Waals surface area contributed by atoms with Crippen molar-refractivity contribution in [3.63, 3.8) is 0 Å². The molecule has 0 unspecified atom stereocenters. The van der Waals surface area contributed by atoms with E-state index < -0.39 is 0 Å². The molecule has 0 aliphatic heterocycles. The summed E-state index contributed by atoms with van der Waals surface area (Å²) in [5, 5.41) is 3.21. The maximum absolute atomic E-state index is 12.2. The predicted molar refractivity (Wildman–Crippen MR) is 75.3 cm³/mol. The van der Waals surface area contributed by atoms with E-state index in [0.29, 0.717) is 24.9 Å². The Hall–Kier alpha value is -2.14. The van der Waals surface area contributed by atoms with Gasteiger partial charge in [-0.25, -0.2) is 0 Å². The number of amides is 1. The lowest BCUT2D eigenvalue weighted by molar-refractivity contribution is 0.0952. The summed E-state index contributed by atoms with van der Waals surface area (Å²) in [6.45, 7) is 2.90. The first-order valence-electron chi connectivity index (χ1n) is 6.24. The predicted octanol–water partition coefficient (Wildman–Crippen LogP) is 0.915. The molecule has 1 amide bonds. The highest BCUT2D eigenvalue weighted by Gasteiger charge is 2.12. The molecule has 0 atom stereocenters. The molecular weight excluding hydrogens is 242 g/mol. The highest BCUT2D eigenvalue weighted by atomic mass is 16.2. The van der Waals surface area contributed by atoms with Gasteiger partial charge in [0, 0.05) is 18.1 Å². The Bertz CT molecular complexity index is 661. The molecule has 5 nitrogen and oxygen atoms in total. The number of aromatic amines is 1. The summed E-state index contributed by atoms with van der Waals surface area (Å²) in [4.78, 5) is 27.2. The van der Waals surface area contributed by atoms with Gasteiger partial charge in [0.05, 0.1) is 5.52 Å². The molecule has 19 heavy (non-hydrogen) atoms. The lowest BCUT2D eigenvalue weighted by Gasteiger charge is -2.06. The minimum atomic E-state index is -0.363. The molecule has 4 N–H and O–H groups in total. The van der Waals surface area contributed by atoms with Crippen molar-refractivity contribution in [2.75, 3.05) is 13.1 Å². The van der Waals surface area contributed by atoms with Crippen LogP contribution in [0.3, 0.4) is 0 Å². The van der Waals surface area contributed by atoms with Crippen LogP contribution >= 0.6 is 0 Å². The van der Waals surface area contributed by atoms with Crippen LogP contribution in [0, 0.1) is 6.92 Å². The summed E-state index contributed by atoms with van der Waals surface area (Å²) in [6.07, 6.45) is 2.16. The van der Waals surface area contributed by atoms with Gasteiger partial charge in [0.1, 0.15) is 5.56 Å². The first-order chi connectivity index (χ1) is 9.15. The van der Waals surface area contributed by atoms with Gasteiger partial charge in [-0.3, -0.25) is 9.59 Å². The SMILES string of the molecule is Cc1cccc2c(=O)c(C(=O)NCCCN)c[nH]c12. The Morgan fingerprint density at radius 1 is 1.42 bits per heavy atom. The highest BCUT2D eigenvalue weighted by molar-refractivity contribution is 5.97. The molecule has 0 radical (unpaired) electrons. The Kier molecular flexibility index (Phi) is 3.97. The van der Waals surface area contributed by atoms with Crippen LogP contribution < -0.4 is 16.5 Å². The van der Waals surface area contributed by atoms with Crippen LogP contribution in [0.15, 0.2) is 29.2 Å². The first-order valence-corrected chi connectivity index (χ1v) is 6.24. The lowest BCUT2D eigenvalue weighted by atomic mass is 10.1. The topological polar surface area (TPSA) is 88.0 Å². The first kappa shape index (κ1) is 13.3. The fourth-order valence-corrected chi connectivity index (χ4v) is 1.97. The van der Waals surface area contributed by atoms with Crippen LogP contribution in [0.5, 0.6) is 0 Å². The van der Waals surface area contributed by atoms with Gasteiger partial charge in [-0.2, -0.15) is 0 Å². The van der Waals surface area contributed by atoms with E-state index in [1.807, 2.05) is 19.1 Å². The third-order valence-corrected chi connectivity index (χ3v) is 3.03. The van der Waals surface area contributed by atoms with E-state index in [-0.39, 0.29) is 16.9 Å². The Balaban J connectivity index is 2.38. The average molecular weight is 259 g/mol. The van der Waals surface area contributed by atoms with Gasteiger partial charge in [0.15, 0.2) is 0 Å². The van der Waals surface area contributed by atoms with Crippen molar-refractivity contribution in [1.29, 1.82) is 0 Å². The van der Waals surface area contributed by atoms with Crippen LogP contribution in [0.25, 0.3) is 10.9 Å². The minimum absolute atomic E-state index is 0.134. The number of nitrogens with two attached hydrogens (primary N) is 1. The summed E-state index contributed by atoms with van der Waals surface area (Å²) in [5.74, 6) is -0.363. The minimum Gasteiger partial charge on any atom is -0.360 e. The van der Waals surface area contributed by atoms with Crippen LogP contribution in [-0.2, 0) is 0 Å². The molecule has 2 rings (SSSR count). The average Bonchev–Trinajstić information content (AvgIpc) is 2.40. The second kappa shape index (κ2) is 5.67. The number of aryl methyl sites for hydroxylation is 1. The number of carbonyl (C=O) groups is 1. The number of nitrogens with one attached hydrogen (secondary N) is 2. The molecule has 0 saturated carbocycles. The number of hydrogen-bond donors (Lipinski definition) is 3. The maximum atomic E-state index is 12.2. The number of aromatic nitrogens is 1. The molecule has 1 aromatic carbocycles. The van der Waals surface area contributed by atoms with Crippen LogP contribution in [-0.4, -0.2) is 24.0 Å². The van der Waals surface area contributed by atoms with Crippen molar-refractivity contribution in [2.24, 2.45) is 5.73 Å². The number of carbonyl (C=O) groups excluding carboxylic acids is 1. The van der Waals surface area contributed by atoms with E-state index in [9.17, 15) is 9.59 Å². The molecule has 0 bridgehead atoms. The largest absolute Gasteiger partial charge is 0.360 e. The van der Waals surface area contributed by atoms with E-state index in [1.165, 1.54) is 6.20 Å². The van der Waals surface area contributed by atoms with Crippen molar-refractivity contribution in [1.82, 2.24) is 10.3 Å². The van der Waals surface area contributed by atoms with Crippen molar-refractivity contribution in [3.05, 3.63) is 45.7 Å². The normalized spacial score (nSPS) is 10.6. The molecular formula is C14H17N3O2. The zero-order chi connectivity index (χ0) is 13.8. The zero-order valence-corrected chi connectivity index (χ0v) is 10.8. The summed E-state index contributed by atoms with van der Waals surface area (Å²) < 4.78 is 0. The molecule has 0 fully saturated rings. The number of para-hydroxylation sites is 1. The summed E-state index contributed by atoms with van der Waals surface area (Å²) >= 11 is 0. The molecule has 2 aromatic rings. The third kappa shape index (κ3) is 2.66. The van der Waals surface area contributed by atoms with Crippen LogP contribution in [0.2, 0.25) is 0 Å². The van der Waals surface area contributed by atoms with Gasteiger partial charge >= 0.3 is 0 Å². The summed E-state index contributed by atoms with van der Waals surface area (Å²) in [6, 6.07) is 5.44. The van der Waals surface area contributed by atoms with E-state index in [2.05, 4.69) is 10.3 Å². The summed E-state index contributed by atoms with van der Waals surface area (Å²) in [5.41, 5.74) is 6.99. The van der Waals surface area contributed by atoms with Gasteiger partial charge in [-0.15, -0.1) is 0 Å². The second-order valence-corrected chi connectivity index (χ2v) is 4.43. The molecule has 0 aliphatic rings. The Morgan fingerprint density at radius 3 is 2.95 bits per heavy atom. The van der Waals surface area contributed by atoms with Crippen molar-refractivity contribution in [3.8, 4) is 0 Å². The molecule has 0 spiro atoms. The van der Waals surface area contributed by atoms with E-state index in [0.717, 1.165) is 11.1 Å². The van der Waals surface area contributed by atoms with E-state index in [4.69, 9.17) is 5.73 Å². The molecule has 0 aliphatic carbocycles.